The van der Waals surface area contributed by atoms with E-state index < -0.39 is 0 Å². The summed E-state index contributed by atoms with van der Waals surface area (Å²) < 4.78 is 5.76. The molecule has 0 aliphatic rings. The van der Waals surface area contributed by atoms with Gasteiger partial charge in [-0.15, -0.1) is 12.4 Å². The van der Waals surface area contributed by atoms with E-state index in [2.05, 4.69) is 0 Å². The van der Waals surface area contributed by atoms with Crippen LogP contribution < -0.4 is 4.74 Å². The molecule has 0 amide bonds. The lowest BCUT2D eigenvalue weighted by atomic mass is 10.1. The molecule has 0 atom stereocenters. The summed E-state index contributed by atoms with van der Waals surface area (Å²) in [6.45, 7) is 1.79. The summed E-state index contributed by atoms with van der Waals surface area (Å²) in [6.07, 6.45) is 0. The molecule has 2 aromatic rings. The van der Waals surface area contributed by atoms with Crippen molar-refractivity contribution in [1.82, 2.24) is 4.90 Å². The first-order valence-corrected chi connectivity index (χ1v) is 7.65. The molecule has 0 saturated carbocycles. The molecule has 5 nitrogen and oxygen atoms in total. The van der Waals surface area contributed by atoms with Crippen LogP contribution in [0.1, 0.15) is 11.1 Å². The van der Waals surface area contributed by atoms with E-state index in [0.717, 1.165) is 5.56 Å². The Hall–Kier alpha value is -1.79. The number of halogens is 1. The molecule has 132 valence electrons. The number of benzene rings is 2. The fourth-order valence-corrected chi connectivity index (χ4v) is 2.31. The lowest BCUT2D eigenvalue weighted by Crippen LogP contribution is -2.29. The summed E-state index contributed by atoms with van der Waals surface area (Å²) in [7, 11) is 0. The van der Waals surface area contributed by atoms with Crippen LogP contribution in [0.3, 0.4) is 0 Å². The molecule has 0 aliphatic carbocycles. The molecule has 24 heavy (non-hydrogen) atoms. The second-order valence-electron chi connectivity index (χ2n) is 5.29. The van der Waals surface area contributed by atoms with Gasteiger partial charge in [0.1, 0.15) is 18.1 Å². The molecule has 3 N–H and O–H groups in total. The molecular formula is C18H24ClNO4. The quantitative estimate of drug-likeness (QED) is 0.644. The molecule has 0 radical (unpaired) electrons. The van der Waals surface area contributed by atoms with E-state index in [9.17, 15) is 5.11 Å². The average Bonchev–Trinajstić information content (AvgIpc) is 2.57. The first-order valence-electron chi connectivity index (χ1n) is 7.65. The van der Waals surface area contributed by atoms with E-state index in [-0.39, 0.29) is 31.4 Å². The van der Waals surface area contributed by atoms with Crippen LogP contribution in [-0.2, 0) is 13.2 Å². The number of rotatable bonds is 9. The maximum atomic E-state index is 10.00. The molecule has 0 unspecified atom stereocenters. The molecule has 0 heterocycles. The number of aromatic hydroxyl groups is 1. The van der Waals surface area contributed by atoms with Crippen LogP contribution >= 0.6 is 12.4 Å². The Balaban J connectivity index is 0.00000288. The monoisotopic (exact) mass is 353 g/mol. The Labute approximate surface area is 148 Å². The van der Waals surface area contributed by atoms with Crippen LogP contribution in [0.15, 0.2) is 48.5 Å². The Bertz CT molecular complexity index is 589. The van der Waals surface area contributed by atoms with Crippen molar-refractivity contribution in [2.24, 2.45) is 0 Å². The lowest BCUT2D eigenvalue weighted by Gasteiger charge is -2.21. The third-order valence-corrected chi connectivity index (χ3v) is 3.53. The third-order valence-electron chi connectivity index (χ3n) is 3.53. The van der Waals surface area contributed by atoms with E-state index in [1.54, 1.807) is 18.2 Å². The van der Waals surface area contributed by atoms with Gasteiger partial charge >= 0.3 is 0 Å². The molecule has 2 aromatic carbocycles. The van der Waals surface area contributed by atoms with Gasteiger partial charge in [0.05, 0.1) is 13.2 Å². The first kappa shape index (κ1) is 20.3. The summed E-state index contributed by atoms with van der Waals surface area (Å²) in [6, 6.07) is 15.0. The number of ether oxygens (including phenoxy) is 1. The minimum absolute atomic E-state index is 0. The van der Waals surface area contributed by atoms with Crippen molar-refractivity contribution in [2.45, 2.75) is 13.2 Å². The summed E-state index contributed by atoms with van der Waals surface area (Å²) in [4.78, 5) is 1.87. The molecule has 2 rings (SSSR count). The number of phenolic OH excluding ortho intramolecular Hbond substituents is 1. The highest BCUT2D eigenvalue weighted by molar-refractivity contribution is 5.85. The fraction of sp³-hybridized carbons (Fsp3) is 0.333. The average molecular weight is 354 g/mol. The fourth-order valence-electron chi connectivity index (χ4n) is 2.31. The van der Waals surface area contributed by atoms with Gasteiger partial charge in [-0.2, -0.15) is 0 Å². The lowest BCUT2D eigenvalue weighted by molar-refractivity contribution is 0.155. The largest absolute Gasteiger partial charge is 0.508 e. The molecule has 0 bridgehead atoms. The molecule has 0 fully saturated rings. The van der Waals surface area contributed by atoms with Gasteiger partial charge < -0.3 is 20.1 Å². The SMILES string of the molecule is Cl.OCCN(CCO)Cc1cc(OCc2ccccc2)ccc1O. The molecule has 0 aromatic heterocycles. The van der Waals surface area contributed by atoms with Gasteiger partial charge in [0.2, 0.25) is 0 Å². The Morgan fingerprint density at radius 3 is 2.21 bits per heavy atom. The van der Waals surface area contributed by atoms with Gasteiger partial charge in [0, 0.05) is 25.2 Å². The molecule has 6 heteroatoms. The number of aliphatic hydroxyl groups is 2. The number of phenols is 1. The van der Waals surface area contributed by atoms with Crippen LogP contribution in [0.5, 0.6) is 11.5 Å². The number of nitrogens with zero attached hydrogens (tertiary/aromatic N) is 1. The minimum atomic E-state index is 0. The van der Waals surface area contributed by atoms with Crippen molar-refractivity contribution >= 4 is 12.4 Å². The van der Waals surface area contributed by atoms with E-state index >= 15 is 0 Å². The van der Waals surface area contributed by atoms with E-state index in [1.807, 2.05) is 35.2 Å². The molecule has 0 spiro atoms. The summed E-state index contributed by atoms with van der Waals surface area (Å²) in [5, 5.41) is 28.1. The third kappa shape index (κ3) is 6.37. The maximum absolute atomic E-state index is 10.00. The van der Waals surface area contributed by atoms with Crippen LogP contribution in [0.4, 0.5) is 0 Å². The predicted molar refractivity (Wildman–Crippen MR) is 95.6 cm³/mol. The highest BCUT2D eigenvalue weighted by Crippen LogP contribution is 2.25. The topological polar surface area (TPSA) is 73.2 Å². The smallest absolute Gasteiger partial charge is 0.120 e. The number of aliphatic hydroxyl groups excluding tert-OH is 2. The van der Waals surface area contributed by atoms with Crippen LogP contribution in [-0.4, -0.2) is 46.5 Å². The Kier molecular flexibility index (Phi) is 9.19. The highest BCUT2D eigenvalue weighted by Gasteiger charge is 2.10. The van der Waals surface area contributed by atoms with Gasteiger partial charge in [-0.1, -0.05) is 30.3 Å². The van der Waals surface area contributed by atoms with E-state index in [0.29, 0.717) is 37.6 Å². The second kappa shape index (κ2) is 10.9. The van der Waals surface area contributed by atoms with Crippen molar-refractivity contribution in [1.29, 1.82) is 0 Å². The standard InChI is InChI=1S/C18H23NO4.ClH/c20-10-8-19(9-11-21)13-16-12-17(6-7-18(16)22)23-14-15-4-2-1-3-5-15;/h1-7,12,20-22H,8-11,13-14H2;1H. The van der Waals surface area contributed by atoms with Gasteiger partial charge in [0.15, 0.2) is 0 Å². The zero-order valence-electron chi connectivity index (χ0n) is 13.5. The number of hydrogen-bond acceptors (Lipinski definition) is 5. The summed E-state index contributed by atoms with van der Waals surface area (Å²) >= 11 is 0. The second-order valence-corrected chi connectivity index (χ2v) is 5.29. The summed E-state index contributed by atoms with van der Waals surface area (Å²) in [5.74, 6) is 0.854. The molecular weight excluding hydrogens is 330 g/mol. The van der Waals surface area contributed by atoms with Gasteiger partial charge in [-0.3, -0.25) is 4.90 Å². The van der Waals surface area contributed by atoms with Gasteiger partial charge in [-0.25, -0.2) is 0 Å². The van der Waals surface area contributed by atoms with Crippen LogP contribution in [0, 0.1) is 0 Å². The van der Waals surface area contributed by atoms with Crippen molar-refractivity contribution in [3.63, 3.8) is 0 Å². The molecule has 0 aliphatic heterocycles. The maximum Gasteiger partial charge on any atom is 0.120 e. The Morgan fingerprint density at radius 2 is 1.58 bits per heavy atom. The van der Waals surface area contributed by atoms with E-state index in [4.69, 9.17) is 14.9 Å². The van der Waals surface area contributed by atoms with Crippen molar-refractivity contribution in [2.75, 3.05) is 26.3 Å². The molecule has 0 saturated heterocycles. The van der Waals surface area contributed by atoms with Gasteiger partial charge in [0.25, 0.3) is 0 Å². The summed E-state index contributed by atoms with van der Waals surface area (Å²) in [5.41, 5.74) is 1.78. The van der Waals surface area contributed by atoms with E-state index in [1.165, 1.54) is 0 Å². The minimum Gasteiger partial charge on any atom is -0.508 e. The van der Waals surface area contributed by atoms with Crippen molar-refractivity contribution in [3.05, 3.63) is 59.7 Å². The van der Waals surface area contributed by atoms with Crippen LogP contribution in [0.2, 0.25) is 0 Å². The zero-order chi connectivity index (χ0) is 16.5. The zero-order valence-corrected chi connectivity index (χ0v) is 14.3. The Morgan fingerprint density at radius 1 is 0.917 bits per heavy atom. The van der Waals surface area contributed by atoms with Crippen molar-refractivity contribution in [3.8, 4) is 11.5 Å². The van der Waals surface area contributed by atoms with Crippen LogP contribution in [0.25, 0.3) is 0 Å². The highest BCUT2D eigenvalue weighted by atomic mass is 35.5. The predicted octanol–water partition coefficient (Wildman–Crippen LogP) is 2.18. The van der Waals surface area contributed by atoms with Crippen molar-refractivity contribution < 1.29 is 20.1 Å². The first-order chi connectivity index (χ1) is 11.2. The number of hydrogen-bond donors (Lipinski definition) is 3. The normalized spacial score (nSPS) is 10.5. The van der Waals surface area contributed by atoms with Gasteiger partial charge in [-0.05, 0) is 23.8 Å².